The van der Waals surface area contributed by atoms with Gasteiger partial charge in [0.15, 0.2) is 0 Å². The van der Waals surface area contributed by atoms with E-state index in [0.717, 1.165) is 0 Å². The minimum absolute atomic E-state index is 0.0534. The van der Waals surface area contributed by atoms with Crippen molar-refractivity contribution in [3.63, 3.8) is 0 Å². The monoisotopic (exact) mass is 280 g/mol. The van der Waals surface area contributed by atoms with Gasteiger partial charge in [-0.1, -0.05) is 20.8 Å². The largest absolute Gasteiger partial charge is 0.356 e. The molecular weight excluding hydrogens is 256 g/mol. The molecule has 0 spiro atoms. The Morgan fingerprint density at radius 1 is 1.10 bits per heavy atom. The van der Waals surface area contributed by atoms with Crippen LogP contribution in [0.4, 0.5) is 0 Å². The van der Waals surface area contributed by atoms with Crippen molar-refractivity contribution in [1.82, 2.24) is 10.2 Å². The third kappa shape index (κ3) is 1.95. The molecule has 5 heteroatoms. The van der Waals surface area contributed by atoms with E-state index in [2.05, 4.69) is 5.32 Å². The van der Waals surface area contributed by atoms with Gasteiger partial charge < -0.3 is 5.32 Å². The maximum Gasteiger partial charge on any atom is 0.234 e. The molecule has 1 aliphatic carbocycles. The van der Waals surface area contributed by atoms with Crippen LogP contribution in [0.15, 0.2) is 0 Å². The molecule has 1 N–H and O–H groups in total. The number of carbonyl (C=O) groups excluding carboxylic acids is 3. The second kappa shape index (κ2) is 4.30. The fraction of sp³-hybridized carbons (Fsp3) is 0.800. The number of nitrogens with zero attached hydrogens (tertiary/aromatic N) is 1. The molecule has 1 saturated carbocycles. The molecule has 2 rings (SSSR count). The third-order valence-electron chi connectivity index (χ3n) is 4.87. The number of carbonyl (C=O) groups is 3. The Bertz CT molecular complexity index is 458. The average molecular weight is 280 g/mol. The number of piperidine rings is 1. The van der Waals surface area contributed by atoms with Gasteiger partial charge >= 0.3 is 0 Å². The van der Waals surface area contributed by atoms with Gasteiger partial charge in [0.2, 0.25) is 17.7 Å². The van der Waals surface area contributed by atoms with Crippen LogP contribution in [-0.4, -0.2) is 36.2 Å². The molecule has 5 nitrogen and oxygen atoms in total. The van der Waals surface area contributed by atoms with E-state index < -0.39 is 16.2 Å². The molecule has 0 radical (unpaired) electrons. The molecule has 1 saturated heterocycles. The zero-order chi connectivity index (χ0) is 15.3. The predicted molar refractivity (Wildman–Crippen MR) is 74.6 cm³/mol. The topological polar surface area (TPSA) is 66.5 Å². The lowest BCUT2D eigenvalue weighted by Gasteiger charge is -2.55. The lowest BCUT2D eigenvalue weighted by molar-refractivity contribution is -0.178. The van der Waals surface area contributed by atoms with Crippen molar-refractivity contribution in [1.29, 1.82) is 0 Å². The SMILES string of the molecule is CCNC(=O)C1(C)CC2(C)CC(C)(C1)C(=O)N(C)C2=O. The summed E-state index contributed by atoms with van der Waals surface area (Å²) in [6.45, 7) is 8.07. The molecular formula is C15H24N2O3. The summed E-state index contributed by atoms with van der Waals surface area (Å²) < 4.78 is 0. The van der Waals surface area contributed by atoms with Gasteiger partial charge in [0.05, 0.1) is 0 Å². The second-order valence-corrected chi connectivity index (χ2v) is 7.24. The maximum absolute atomic E-state index is 12.5. The van der Waals surface area contributed by atoms with E-state index in [1.165, 1.54) is 4.90 Å². The van der Waals surface area contributed by atoms with Crippen LogP contribution in [0.2, 0.25) is 0 Å². The van der Waals surface area contributed by atoms with Crippen molar-refractivity contribution in [3.05, 3.63) is 0 Å². The zero-order valence-corrected chi connectivity index (χ0v) is 13.0. The van der Waals surface area contributed by atoms with E-state index in [0.29, 0.717) is 25.8 Å². The van der Waals surface area contributed by atoms with Crippen LogP contribution >= 0.6 is 0 Å². The summed E-state index contributed by atoms with van der Waals surface area (Å²) in [7, 11) is 1.55. The highest BCUT2D eigenvalue weighted by molar-refractivity contribution is 6.04. The predicted octanol–water partition coefficient (Wildman–Crippen LogP) is 1.32. The Morgan fingerprint density at radius 3 is 1.95 bits per heavy atom. The van der Waals surface area contributed by atoms with Gasteiger partial charge in [0, 0.05) is 29.8 Å². The summed E-state index contributed by atoms with van der Waals surface area (Å²) in [5, 5.41) is 2.85. The van der Waals surface area contributed by atoms with E-state index in [1.807, 2.05) is 27.7 Å². The fourth-order valence-corrected chi connectivity index (χ4v) is 4.51. The summed E-state index contributed by atoms with van der Waals surface area (Å²) in [5.74, 6) is -0.368. The van der Waals surface area contributed by atoms with Crippen LogP contribution < -0.4 is 5.32 Å². The fourth-order valence-electron chi connectivity index (χ4n) is 4.51. The first-order valence-corrected chi connectivity index (χ1v) is 7.19. The summed E-state index contributed by atoms with van der Waals surface area (Å²) in [5.41, 5.74) is -1.92. The first kappa shape index (κ1) is 15.0. The third-order valence-corrected chi connectivity index (χ3v) is 4.87. The van der Waals surface area contributed by atoms with Crippen molar-refractivity contribution in [2.24, 2.45) is 16.2 Å². The van der Waals surface area contributed by atoms with Gasteiger partial charge in [0.25, 0.3) is 0 Å². The molecule has 20 heavy (non-hydrogen) atoms. The van der Waals surface area contributed by atoms with E-state index in [1.54, 1.807) is 7.05 Å². The van der Waals surface area contributed by atoms with Crippen molar-refractivity contribution in [2.45, 2.75) is 47.0 Å². The van der Waals surface area contributed by atoms with Crippen molar-refractivity contribution in [2.75, 3.05) is 13.6 Å². The number of imide groups is 1. The van der Waals surface area contributed by atoms with Gasteiger partial charge in [-0.25, -0.2) is 0 Å². The highest BCUT2D eigenvalue weighted by Crippen LogP contribution is 2.58. The Balaban J connectivity index is 2.44. The van der Waals surface area contributed by atoms with E-state index in [4.69, 9.17) is 0 Å². The lowest BCUT2D eigenvalue weighted by Crippen LogP contribution is -2.63. The number of likely N-dealkylation sites (tertiary alicyclic amines) is 1. The zero-order valence-electron chi connectivity index (χ0n) is 13.0. The number of hydrogen-bond acceptors (Lipinski definition) is 3. The summed E-state index contributed by atoms with van der Waals surface area (Å²) in [6.07, 6.45) is 1.53. The molecule has 0 aromatic rings. The van der Waals surface area contributed by atoms with Gasteiger partial charge in [-0.3, -0.25) is 19.3 Å². The Labute approximate surface area is 120 Å². The van der Waals surface area contributed by atoms with Gasteiger partial charge in [-0.2, -0.15) is 0 Å². The molecule has 1 aliphatic heterocycles. The Hall–Kier alpha value is -1.39. The number of hydrogen-bond donors (Lipinski definition) is 1. The number of nitrogens with one attached hydrogen (secondary N) is 1. The molecule has 2 fully saturated rings. The van der Waals surface area contributed by atoms with E-state index in [9.17, 15) is 14.4 Å². The first-order chi connectivity index (χ1) is 9.08. The quantitative estimate of drug-likeness (QED) is 0.776. The van der Waals surface area contributed by atoms with Crippen LogP contribution in [0, 0.1) is 16.2 Å². The van der Waals surface area contributed by atoms with Crippen molar-refractivity contribution < 1.29 is 14.4 Å². The number of rotatable bonds is 2. The van der Waals surface area contributed by atoms with Crippen LogP contribution in [0.5, 0.6) is 0 Å². The summed E-state index contributed by atoms with van der Waals surface area (Å²) in [6, 6.07) is 0. The number of amides is 3. The van der Waals surface area contributed by atoms with Crippen LogP contribution in [-0.2, 0) is 14.4 Å². The van der Waals surface area contributed by atoms with Crippen LogP contribution in [0.1, 0.15) is 47.0 Å². The first-order valence-electron chi connectivity index (χ1n) is 7.19. The Kier molecular flexibility index (Phi) is 3.23. The minimum atomic E-state index is -0.662. The van der Waals surface area contributed by atoms with Gasteiger partial charge in [0.1, 0.15) is 0 Å². The lowest BCUT2D eigenvalue weighted by atomic mass is 9.51. The molecule has 1 heterocycles. The van der Waals surface area contributed by atoms with Crippen LogP contribution in [0.25, 0.3) is 0 Å². The molecule has 0 aromatic heterocycles. The van der Waals surface area contributed by atoms with Gasteiger partial charge in [-0.05, 0) is 26.2 Å². The van der Waals surface area contributed by atoms with Crippen LogP contribution in [0.3, 0.4) is 0 Å². The van der Waals surface area contributed by atoms with Gasteiger partial charge in [-0.15, -0.1) is 0 Å². The smallest absolute Gasteiger partial charge is 0.234 e. The molecule has 2 unspecified atom stereocenters. The van der Waals surface area contributed by atoms with E-state index in [-0.39, 0.29) is 17.7 Å². The minimum Gasteiger partial charge on any atom is -0.356 e. The highest BCUT2D eigenvalue weighted by Gasteiger charge is 2.62. The average Bonchev–Trinajstić information content (AvgIpc) is 2.33. The molecule has 3 amide bonds. The highest BCUT2D eigenvalue weighted by atomic mass is 16.2. The summed E-state index contributed by atoms with van der Waals surface area (Å²) in [4.78, 5) is 38.5. The molecule has 0 aromatic carbocycles. The molecule has 2 atom stereocenters. The molecule has 2 bridgehead atoms. The summed E-state index contributed by atoms with van der Waals surface area (Å²) >= 11 is 0. The number of fused-ring (bicyclic) bond motifs is 2. The molecule has 112 valence electrons. The van der Waals surface area contributed by atoms with Crippen molar-refractivity contribution >= 4 is 17.7 Å². The second-order valence-electron chi connectivity index (χ2n) is 7.24. The maximum atomic E-state index is 12.5. The van der Waals surface area contributed by atoms with E-state index >= 15 is 0 Å². The van der Waals surface area contributed by atoms with Crippen molar-refractivity contribution in [3.8, 4) is 0 Å². The standard InChI is InChI=1S/C15H24N2O3/c1-6-16-10(18)13(2)7-14(3)9-15(4,8-13)12(20)17(5)11(14)19/h6-9H2,1-5H3,(H,16,18). The molecule has 2 aliphatic rings. The normalized spacial score (nSPS) is 40.8. The Morgan fingerprint density at radius 2 is 1.55 bits per heavy atom.